The van der Waals surface area contributed by atoms with Gasteiger partial charge in [0.25, 0.3) is 0 Å². The Bertz CT molecular complexity index is 62.0. The van der Waals surface area contributed by atoms with Gasteiger partial charge in [0.2, 0.25) is 0 Å². The highest BCUT2D eigenvalue weighted by molar-refractivity contribution is 4.61. The molecule has 0 aromatic heterocycles. The van der Waals surface area contributed by atoms with Gasteiger partial charge >= 0.3 is 0 Å². The molecule has 1 fully saturated rings. The Labute approximate surface area is 43.6 Å². The van der Waals surface area contributed by atoms with E-state index in [0.717, 1.165) is 19.6 Å². The van der Waals surface area contributed by atoms with E-state index in [1.54, 1.807) is 5.12 Å². The minimum Gasteiger partial charge on any atom is -0.255 e. The molecule has 0 unspecified atom stereocenters. The molecule has 0 bridgehead atoms. The van der Waals surface area contributed by atoms with Crippen LogP contribution in [0.15, 0.2) is 0 Å². The molecule has 1 aliphatic heterocycles. The monoisotopic (exact) mass is 101 g/mol. The fraction of sp³-hybridized carbons (Fsp3) is 1.00. The third-order valence-corrected chi connectivity index (χ3v) is 1.32. The van der Waals surface area contributed by atoms with Crippen LogP contribution in [0.4, 0.5) is 0 Å². The molecule has 0 saturated carbocycles. The van der Waals surface area contributed by atoms with Crippen molar-refractivity contribution in [1.29, 1.82) is 0 Å². The number of nitrogens with two attached hydrogens (primary N) is 1. The zero-order valence-corrected chi connectivity index (χ0v) is 4.59. The average molecular weight is 101 g/mol. The van der Waals surface area contributed by atoms with E-state index in [9.17, 15) is 0 Å². The molecule has 3 nitrogen and oxygen atoms in total. The van der Waals surface area contributed by atoms with Crippen molar-refractivity contribution in [3.63, 3.8) is 0 Å². The summed E-state index contributed by atoms with van der Waals surface area (Å²) in [5, 5.41) is 3.82. The Morgan fingerprint density at radius 3 is 2.29 bits per heavy atom. The zero-order valence-electron chi connectivity index (χ0n) is 4.59. The van der Waals surface area contributed by atoms with Crippen molar-refractivity contribution in [2.24, 2.45) is 5.84 Å². The summed E-state index contributed by atoms with van der Waals surface area (Å²) in [5.74, 6) is 5.39. The lowest BCUT2D eigenvalue weighted by Gasteiger charge is -2.39. The summed E-state index contributed by atoms with van der Waals surface area (Å²) in [7, 11) is 0. The van der Waals surface area contributed by atoms with E-state index in [1.807, 2.05) is 0 Å². The highest BCUT2D eigenvalue weighted by Crippen LogP contribution is 2.00. The first-order valence-corrected chi connectivity index (χ1v) is 2.61. The molecule has 1 saturated heterocycles. The van der Waals surface area contributed by atoms with Crippen molar-refractivity contribution in [2.75, 3.05) is 19.6 Å². The Morgan fingerprint density at radius 1 is 1.57 bits per heavy atom. The number of likely N-dealkylation sites (N-methyl/N-ethyl adjacent to an activating group) is 1. The van der Waals surface area contributed by atoms with Gasteiger partial charge in [-0.2, -0.15) is 5.12 Å². The lowest BCUT2D eigenvalue weighted by molar-refractivity contribution is -0.109. The molecule has 0 spiro atoms. The summed E-state index contributed by atoms with van der Waals surface area (Å²) >= 11 is 0. The molecule has 2 N–H and O–H groups in total. The van der Waals surface area contributed by atoms with Crippen LogP contribution in [0.25, 0.3) is 0 Å². The maximum Gasteiger partial charge on any atom is 0.0430 e. The molecule has 0 aliphatic carbocycles. The number of rotatable bonds is 1. The molecular formula is C4H11N3. The van der Waals surface area contributed by atoms with Gasteiger partial charge in [0.15, 0.2) is 0 Å². The molecule has 0 atom stereocenters. The van der Waals surface area contributed by atoms with Crippen LogP contribution in [0.1, 0.15) is 6.92 Å². The van der Waals surface area contributed by atoms with Crippen LogP contribution in [-0.2, 0) is 0 Å². The first kappa shape index (κ1) is 5.03. The lowest BCUT2D eigenvalue weighted by Crippen LogP contribution is -2.60. The van der Waals surface area contributed by atoms with E-state index in [-0.39, 0.29) is 0 Å². The summed E-state index contributed by atoms with van der Waals surface area (Å²) in [4.78, 5) is 0. The standard InChI is InChI=1S/C4H11N3/c1-2-6-3-4-7(6)5/h2-5H2,1H3. The average Bonchev–Trinajstić information content (AvgIpc) is 1.65. The van der Waals surface area contributed by atoms with Crippen molar-refractivity contribution in [2.45, 2.75) is 6.92 Å². The maximum absolute atomic E-state index is 5.39. The van der Waals surface area contributed by atoms with Crippen LogP contribution in [0.5, 0.6) is 0 Å². The lowest BCUT2D eigenvalue weighted by atomic mass is 10.5. The third kappa shape index (κ3) is 0.748. The van der Waals surface area contributed by atoms with Gasteiger partial charge in [-0.3, -0.25) is 5.84 Å². The van der Waals surface area contributed by atoms with E-state index in [0.29, 0.717) is 0 Å². The van der Waals surface area contributed by atoms with Crippen molar-refractivity contribution < 1.29 is 0 Å². The fourth-order valence-electron chi connectivity index (χ4n) is 0.697. The summed E-state index contributed by atoms with van der Waals surface area (Å²) in [6.07, 6.45) is 0. The number of hydrazine groups is 2. The van der Waals surface area contributed by atoms with Gasteiger partial charge in [-0.15, -0.1) is 0 Å². The zero-order chi connectivity index (χ0) is 5.28. The Hall–Kier alpha value is -0.120. The van der Waals surface area contributed by atoms with Crippen LogP contribution in [0.3, 0.4) is 0 Å². The second kappa shape index (κ2) is 1.78. The second-order valence-electron chi connectivity index (χ2n) is 1.71. The minimum absolute atomic E-state index is 1.02. The predicted octanol–water partition coefficient (Wildman–Crippen LogP) is -0.587. The van der Waals surface area contributed by atoms with Gasteiger partial charge in [0.1, 0.15) is 0 Å². The molecule has 1 heterocycles. The quantitative estimate of drug-likeness (QED) is 0.448. The second-order valence-corrected chi connectivity index (χ2v) is 1.71. The van der Waals surface area contributed by atoms with Gasteiger partial charge in [0, 0.05) is 19.6 Å². The minimum atomic E-state index is 1.02. The fourth-order valence-corrected chi connectivity index (χ4v) is 0.697. The number of hydrogen-bond donors (Lipinski definition) is 1. The Kier molecular flexibility index (Phi) is 1.27. The molecule has 0 radical (unpaired) electrons. The highest BCUT2D eigenvalue weighted by Gasteiger charge is 2.18. The van der Waals surface area contributed by atoms with Gasteiger partial charge < -0.3 is 0 Å². The third-order valence-electron chi connectivity index (χ3n) is 1.32. The number of hydrogen-bond acceptors (Lipinski definition) is 3. The molecule has 0 aromatic rings. The van der Waals surface area contributed by atoms with E-state index >= 15 is 0 Å². The first-order chi connectivity index (χ1) is 3.34. The summed E-state index contributed by atoms with van der Waals surface area (Å²) in [6, 6.07) is 0. The van der Waals surface area contributed by atoms with Crippen LogP contribution >= 0.6 is 0 Å². The smallest absolute Gasteiger partial charge is 0.0430 e. The molecule has 1 aliphatic rings. The number of nitrogens with zero attached hydrogens (tertiary/aromatic N) is 2. The maximum atomic E-state index is 5.39. The normalized spacial score (nSPS) is 24.9. The highest BCUT2D eigenvalue weighted by atomic mass is 15.8. The van der Waals surface area contributed by atoms with Crippen molar-refractivity contribution in [1.82, 2.24) is 10.1 Å². The Balaban J connectivity index is 2.16. The molecule has 3 heteroatoms. The van der Waals surface area contributed by atoms with Crippen LogP contribution in [-0.4, -0.2) is 29.8 Å². The summed E-state index contributed by atoms with van der Waals surface area (Å²) in [5.41, 5.74) is 0. The first-order valence-electron chi connectivity index (χ1n) is 2.61. The van der Waals surface area contributed by atoms with E-state index < -0.39 is 0 Å². The van der Waals surface area contributed by atoms with Gasteiger partial charge in [-0.05, 0) is 0 Å². The summed E-state index contributed by atoms with van der Waals surface area (Å²) in [6.45, 7) is 5.29. The molecule has 0 amide bonds. The van der Waals surface area contributed by atoms with Crippen LogP contribution in [0.2, 0.25) is 0 Å². The van der Waals surface area contributed by atoms with E-state index in [2.05, 4.69) is 11.9 Å². The van der Waals surface area contributed by atoms with E-state index in [1.165, 1.54) is 0 Å². The molecule has 1 rings (SSSR count). The largest absolute Gasteiger partial charge is 0.255 e. The van der Waals surface area contributed by atoms with Crippen LogP contribution in [0, 0.1) is 0 Å². The molecular weight excluding hydrogens is 90.1 g/mol. The topological polar surface area (TPSA) is 32.5 Å². The van der Waals surface area contributed by atoms with Gasteiger partial charge in [0.05, 0.1) is 0 Å². The van der Waals surface area contributed by atoms with Crippen LogP contribution < -0.4 is 5.84 Å². The summed E-state index contributed by atoms with van der Waals surface area (Å²) < 4.78 is 0. The van der Waals surface area contributed by atoms with E-state index in [4.69, 9.17) is 5.84 Å². The predicted molar refractivity (Wildman–Crippen MR) is 28.1 cm³/mol. The van der Waals surface area contributed by atoms with Crippen molar-refractivity contribution >= 4 is 0 Å². The molecule has 0 aromatic carbocycles. The van der Waals surface area contributed by atoms with Crippen molar-refractivity contribution in [3.8, 4) is 0 Å². The molecule has 42 valence electrons. The van der Waals surface area contributed by atoms with Gasteiger partial charge in [-0.25, -0.2) is 5.01 Å². The van der Waals surface area contributed by atoms with Crippen molar-refractivity contribution in [3.05, 3.63) is 0 Å². The van der Waals surface area contributed by atoms with Gasteiger partial charge in [-0.1, -0.05) is 6.92 Å². The molecule has 7 heavy (non-hydrogen) atoms. The Morgan fingerprint density at radius 2 is 2.29 bits per heavy atom. The SMILES string of the molecule is CCN1CCN1N.